The molecule has 0 spiro atoms. The van der Waals surface area contributed by atoms with Gasteiger partial charge in [0.15, 0.2) is 0 Å². The number of nitrogens with zero attached hydrogens (tertiary/aromatic N) is 1. The van der Waals surface area contributed by atoms with Crippen LogP contribution in [0.15, 0.2) is 60.7 Å². The van der Waals surface area contributed by atoms with Crippen LogP contribution in [0.4, 0.5) is 4.79 Å². The van der Waals surface area contributed by atoms with E-state index in [1.54, 1.807) is 0 Å². The van der Waals surface area contributed by atoms with Gasteiger partial charge < -0.3 is 14.3 Å². The lowest BCUT2D eigenvalue weighted by Gasteiger charge is -2.43. The van der Waals surface area contributed by atoms with E-state index >= 15 is 0 Å². The van der Waals surface area contributed by atoms with Crippen molar-refractivity contribution in [3.8, 4) is 0 Å². The summed E-state index contributed by atoms with van der Waals surface area (Å²) in [5.74, 6) is 0. The molecule has 1 amide bonds. The van der Waals surface area contributed by atoms with Crippen molar-refractivity contribution < 1.29 is 19.1 Å². The smallest absolute Gasteiger partial charge is 0.408 e. The molecule has 166 valence electrons. The lowest BCUT2D eigenvalue weighted by molar-refractivity contribution is -0.116. The summed E-state index contributed by atoms with van der Waals surface area (Å²) in [7, 11) is -2.62. The standard InChI is InChI=1S/C25H33NO4Si/c1-24(2,3)31(21-12-6-4-7-13-21,22-14-8-5-9-15-22)30-19-11-17-25(20-27)16-10-18-26(25)23(28)29/h4-9,12-15,20H,10-11,16-19H2,1-3H3,(H,28,29). The van der Waals surface area contributed by atoms with Gasteiger partial charge in [0.2, 0.25) is 0 Å². The van der Waals surface area contributed by atoms with E-state index < -0.39 is 19.9 Å². The maximum Gasteiger partial charge on any atom is 0.408 e. The molecule has 31 heavy (non-hydrogen) atoms. The average Bonchev–Trinajstić information content (AvgIpc) is 3.19. The molecule has 5 nitrogen and oxygen atoms in total. The number of rotatable bonds is 8. The molecule has 1 unspecified atom stereocenters. The van der Waals surface area contributed by atoms with E-state index in [0.29, 0.717) is 32.4 Å². The van der Waals surface area contributed by atoms with Gasteiger partial charge in [0.1, 0.15) is 11.8 Å². The topological polar surface area (TPSA) is 66.8 Å². The Hall–Kier alpha value is -2.44. The second-order valence-corrected chi connectivity index (χ2v) is 13.7. The van der Waals surface area contributed by atoms with Crippen LogP contribution in [0, 0.1) is 0 Å². The van der Waals surface area contributed by atoms with Gasteiger partial charge in [0, 0.05) is 13.2 Å². The van der Waals surface area contributed by atoms with Crippen molar-refractivity contribution in [1.29, 1.82) is 0 Å². The molecular weight excluding hydrogens is 406 g/mol. The fourth-order valence-corrected chi connectivity index (χ4v) is 9.60. The molecule has 2 aromatic rings. The molecule has 1 heterocycles. The molecule has 0 saturated carbocycles. The van der Waals surface area contributed by atoms with E-state index in [1.807, 2.05) is 12.1 Å². The summed E-state index contributed by atoms with van der Waals surface area (Å²) in [5, 5.41) is 11.8. The minimum atomic E-state index is -2.62. The molecule has 6 heteroatoms. The molecule has 1 aliphatic heterocycles. The summed E-state index contributed by atoms with van der Waals surface area (Å²) in [4.78, 5) is 24.8. The molecule has 0 bridgehead atoms. The normalized spacial score (nSPS) is 19.4. The summed E-state index contributed by atoms with van der Waals surface area (Å²) in [6.45, 7) is 7.60. The number of likely N-dealkylation sites (tertiary alicyclic amines) is 1. The molecule has 1 saturated heterocycles. The first-order valence-corrected chi connectivity index (χ1v) is 12.9. The Bertz CT molecular complexity index is 842. The Morgan fingerprint density at radius 3 is 2.10 bits per heavy atom. The van der Waals surface area contributed by atoms with Gasteiger partial charge in [-0.2, -0.15) is 0 Å². The third-order valence-corrected chi connectivity index (χ3v) is 11.5. The largest absolute Gasteiger partial charge is 0.465 e. The Morgan fingerprint density at radius 1 is 1.10 bits per heavy atom. The predicted octanol–water partition coefficient (Wildman–Crippen LogP) is 4.05. The summed E-state index contributed by atoms with van der Waals surface area (Å²) < 4.78 is 6.87. The van der Waals surface area contributed by atoms with Gasteiger partial charge in [-0.3, -0.25) is 4.90 Å². The van der Waals surface area contributed by atoms with Gasteiger partial charge >= 0.3 is 6.09 Å². The molecule has 1 aliphatic rings. The molecule has 0 aliphatic carbocycles. The minimum Gasteiger partial charge on any atom is -0.465 e. The highest BCUT2D eigenvalue weighted by Gasteiger charge is 2.50. The second kappa shape index (κ2) is 9.36. The number of benzene rings is 2. The molecule has 2 aromatic carbocycles. The van der Waals surface area contributed by atoms with E-state index in [4.69, 9.17) is 4.43 Å². The molecule has 1 fully saturated rings. The van der Waals surface area contributed by atoms with Gasteiger partial charge in [0.05, 0.1) is 0 Å². The van der Waals surface area contributed by atoms with Crippen LogP contribution in [-0.2, 0) is 9.22 Å². The minimum absolute atomic E-state index is 0.113. The third kappa shape index (κ3) is 4.46. The number of carbonyl (C=O) groups is 2. The van der Waals surface area contributed by atoms with Crippen molar-refractivity contribution in [3.05, 3.63) is 60.7 Å². The van der Waals surface area contributed by atoms with E-state index in [-0.39, 0.29) is 5.04 Å². The van der Waals surface area contributed by atoms with Crippen LogP contribution in [0.2, 0.25) is 5.04 Å². The Morgan fingerprint density at radius 2 is 1.65 bits per heavy atom. The van der Waals surface area contributed by atoms with E-state index in [0.717, 1.165) is 12.7 Å². The number of hydrogen-bond acceptors (Lipinski definition) is 3. The van der Waals surface area contributed by atoms with E-state index in [2.05, 4.69) is 69.3 Å². The molecule has 1 N–H and O–H groups in total. The van der Waals surface area contributed by atoms with Gasteiger partial charge in [0.25, 0.3) is 8.32 Å². The lowest BCUT2D eigenvalue weighted by Crippen LogP contribution is -2.66. The number of amides is 1. The lowest BCUT2D eigenvalue weighted by atomic mass is 9.92. The molecule has 1 atom stereocenters. The van der Waals surface area contributed by atoms with Crippen molar-refractivity contribution in [2.24, 2.45) is 0 Å². The summed E-state index contributed by atoms with van der Waals surface area (Å²) in [6, 6.07) is 20.9. The first-order valence-electron chi connectivity index (χ1n) is 11.0. The van der Waals surface area contributed by atoms with Crippen LogP contribution in [0.1, 0.15) is 46.5 Å². The number of aldehydes is 1. The first kappa shape index (κ1) is 23.2. The summed E-state index contributed by atoms with van der Waals surface area (Å²) >= 11 is 0. The van der Waals surface area contributed by atoms with E-state index in [1.165, 1.54) is 15.3 Å². The van der Waals surface area contributed by atoms with Gasteiger partial charge in [-0.25, -0.2) is 4.79 Å². The monoisotopic (exact) mass is 439 g/mol. The highest BCUT2D eigenvalue weighted by molar-refractivity contribution is 6.99. The van der Waals surface area contributed by atoms with Gasteiger partial charge in [-0.15, -0.1) is 0 Å². The number of hydrogen-bond donors (Lipinski definition) is 1. The zero-order chi connectivity index (χ0) is 22.5. The van der Waals surface area contributed by atoms with Crippen LogP contribution in [0.25, 0.3) is 0 Å². The molecular formula is C25H33NO4Si. The van der Waals surface area contributed by atoms with E-state index in [9.17, 15) is 14.7 Å². The quantitative estimate of drug-likeness (QED) is 0.383. The zero-order valence-corrected chi connectivity index (χ0v) is 19.7. The second-order valence-electron chi connectivity index (χ2n) is 9.37. The van der Waals surface area contributed by atoms with Crippen LogP contribution in [0.5, 0.6) is 0 Å². The van der Waals surface area contributed by atoms with Crippen LogP contribution < -0.4 is 10.4 Å². The zero-order valence-electron chi connectivity index (χ0n) is 18.7. The fourth-order valence-electron chi connectivity index (χ4n) is 4.99. The highest BCUT2D eigenvalue weighted by atomic mass is 28.4. The van der Waals surface area contributed by atoms with Gasteiger partial charge in [-0.1, -0.05) is 81.4 Å². The fraction of sp³-hybridized carbons (Fsp3) is 0.440. The van der Waals surface area contributed by atoms with Crippen molar-refractivity contribution in [2.75, 3.05) is 13.2 Å². The predicted molar refractivity (Wildman–Crippen MR) is 126 cm³/mol. The van der Waals surface area contributed by atoms with Crippen molar-refractivity contribution in [3.63, 3.8) is 0 Å². The molecule has 3 rings (SSSR count). The maximum absolute atomic E-state index is 11.9. The van der Waals surface area contributed by atoms with Crippen molar-refractivity contribution in [1.82, 2.24) is 4.90 Å². The Kier molecular flexibility index (Phi) is 7.02. The number of carbonyl (C=O) groups excluding carboxylic acids is 1. The molecule has 0 aromatic heterocycles. The van der Waals surface area contributed by atoms with Crippen LogP contribution >= 0.6 is 0 Å². The Balaban J connectivity index is 1.87. The highest BCUT2D eigenvalue weighted by Crippen LogP contribution is 2.37. The summed E-state index contributed by atoms with van der Waals surface area (Å²) in [6.07, 6.45) is 2.24. The van der Waals surface area contributed by atoms with Crippen molar-refractivity contribution in [2.45, 2.75) is 57.0 Å². The third-order valence-electron chi connectivity index (χ3n) is 6.47. The maximum atomic E-state index is 11.9. The SMILES string of the molecule is CC(C)(C)[Si](OCCCC1(C=O)CCCN1C(=O)O)(c1ccccc1)c1ccccc1. The van der Waals surface area contributed by atoms with Gasteiger partial charge in [-0.05, 0) is 41.1 Å². The van der Waals surface area contributed by atoms with Crippen LogP contribution in [-0.4, -0.2) is 49.4 Å². The molecule has 0 radical (unpaired) electrons. The number of carboxylic acid groups (broad SMARTS) is 1. The average molecular weight is 440 g/mol. The van der Waals surface area contributed by atoms with Crippen LogP contribution in [0.3, 0.4) is 0 Å². The van der Waals surface area contributed by atoms with Crippen molar-refractivity contribution >= 4 is 31.1 Å². The summed E-state index contributed by atoms with van der Waals surface area (Å²) in [5.41, 5.74) is -0.916. The Labute approximate surface area is 186 Å². The first-order chi connectivity index (χ1) is 14.8.